The molecule has 0 saturated heterocycles. The summed E-state index contributed by atoms with van der Waals surface area (Å²) in [6, 6.07) is 14.6. The highest BCUT2D eigenvalue weighted by atomic mass is 35.5. The SMILES string of the molecule is CCC(C(=O)Nc1cc(O)c(NC(=O)c2ccc(Cl)cc2)cc1Cl)S(=O)(=O)c1ccc(SCCNC(C)=O)cc1. The van der Waals surface area contributed by atoms with Crippen molar-refractivity contribution in [2.75, 3.05) is 22.9 Å². The number of halogens is 2. The van der Waals surface area contributed by atoms with Gasteiger partial charge in [-0.05, 0) is 61.0 Å². The Hall–Kier alpha value is -3.25. The van der Waals surface area contributed by atoms with E-state index < -0.39 is 26.9 Å². The van der Waals surface area contributed by atoms with Crippen molar-refractivity contribution in [3.8, 4) is 5.75 Å². The van der Waals surface area contributed by atoms with Crippen molar-refractivity contribution in [3.63, 3.8) is 0 Å². The second-order valence-electron chi connectivity index (χ2n) is 8.54. The third kappa shape index (κ3) is 8.14. The van der Waals surface area contributed by atoms with E-state index in [1.54, 1.807) is 31.2 Å². The van der Waals surface area contributed by atoms with E-state index in [0.29, 0.717) is 22.9 Å². The monoisotopic (exact) mass is 623 g/mol. The highest BCUT2D eigenvalue weighted by molar-refractivity contribution is 7.99. The number of rotatable bonds is 11. The zero-order valence-corrected chi connectivity index (χ0v) is 24.7. The predicted octanol–water partition coefficient (Wildman–Crippen LogP) is 5.37. The molecule has 0 bridgehead atoms. The van der Waals surface area contributed by atoms with Crippen LogP contribution in [0.25, 0.3) is 0 Å². The summed E-state index contributed by atoms with van der Waals surface area (Å²) >= 11 is 13.6. The van der Waals surface area contributed by atoms with E-state index in [0.717, 1.165) is 11.0 Å². The summed E-state index contributed by atoms with van der Waals surface area (Å²) in [5.41, 5.74) is 0.274. The number of thioether (sulfide) groups is 1. The molecule has 0 aliphatic heterocycles. The lowest BCUT2D eigenvalue weighted by Gasteiger charge is -2.18. The molecule has 1 unspecified atom stereocenters. The van der Waals surface area contributed by atoms with E-state index in [9.17, 15) is 27.9 Å². The average Bonchev–Trinajstić information content (AvgIpc) is 2.90. The van der Waals surface area contributed by atoms with Crippen molar-refractivity contribution in [2.24, 2.45) is 0 Å². The Labute approximate surface area is 246 Å². The molecule has 0 saturated carbocycles. The molecule has 212 valence electrons. The minimum absolute atomic E-state index is 0.00218. The molecule has 3 aromatic carbocycles. The Morgan fingerprint density at radius 3 is 2.20 bits per heavy atom. The molecule has 13 heteroatoms. The van der Waals surface area contributed by atoms with Crippen LogP contribution in [-0.2, 0) is 19.4 Å². The first-order valence-electron chi connectivity index (χ1n) is 12.0. The Bertz CT molecular complexity index is 1500. The molecule has 0 radical (unpaired) electrons. The van der Waals surface area contributed by atoms with Crippen molar-refractivity contribution >= 4 is 73.9 Å². The summed E-state index contributed by atoms with van der Waals surface area (Å²) in [4.78, 5) is 37.3. The van der Waals surface area contributed by atoms with E-state index in [-0.39, 0.29) is 39.4 Å². The molecule has 3 amide bonds. The van der Waals surface area contributed by atoms with E-state index >= 15 is 0 Å². The molecule has 3 aromatic rings. The molecule has 0 fully saturated rings. The highest BCUT2D eigenvalue weighted by Crippen LogP contribution is 2.35. The van der Waals surface area contributed by atoms with Crippen molar-refractivity contribution in [1.82, 2.24) is 5.32 Å². The van der Waals surface area contributed by atoms with Gasteiger partial charge in [0, 0.05) is 40.8 Å². The maximum atomic E-state index is 13.3. The maximum Gasteiger partial charge on any atom is 0.255 e. The number of sulfone groups is 1. The number of carbonyl (C=O) groups is 3. The molecule has 0 aromatic heterocycles. The predicted molar refractivity (Wildman–Crippen MR) is 158 cm³/mol. The fourth-order valence-corrected chi connectivity index (χ4v) is 6.33. The molecule has 1 atom stereocenters. The number of hydrogen-bond acceptors (Lipinski definition) is 7. The van der Waals surface area contributed by atoms with Gasteiger partial charge < -0.3 is 21.1 Å². The van der Waals surface area contributed by atoms with Gasteiger partial charge in [0.25, 0.3) is 5.91 Å². The van der Waals surface area contributed by atoms with E-state index in [4.69, 9.17) is 23.2 Å². The molecular formula is C27H27Cl2N3O6S2. The van der Waals surface area contributed by atoms with Crippen LogP contribution in [-0.4, -0.2) is 48.8 Å². The maximum absolute atomic E-state index is 13.3. The Morgan fingerprint density at radius 1 is 0.950 bits per heavy atom. The minimum atomic E-state index is -4.05. The summed E-state index contributed by atoms with van der Waals surface area (Å²) in [7, 11) is -4.05. The zero-order chi connectivity index (χ0) is 29.4. The number of hydrogen-bond donors (Lipinski definition) is 4. The van der Waals surface area contributed by atoms with Gasteiger partial charge in [0.1, 0.15) is 11.0 Å². The number of anilines is 2. The lowest BCUT2D eigenvalue weighted by atomic mass is 10.2. The van der Waals surface area contributed by atoms with Gasteiger partial charge in [0.2, 0.25) is 11.8 Å². The van der Waals surface area contributed by atoms with Crippen LogP contribution in [0.3, 0.4) is 0 Å². The number of aromatic hydroxyl groups is 1. The number of amides is 3. The third-order valence-corrected chi connectivity index (χ3v) is 9.44. The van der Waals surface area contributed by atoms with Gasteiger partial charge in [-0.15, -0.1) is 11.8 Å². The Kier molecular flexibility index (Phi) is 10.9. The van der Waals surface area contributed by atoms with Crippen LogP contribution in [0.15, 0.2) is 70.5 Å². The lowest BCUT2D eigenvalue weighted by Crippen LogP contribution is -2.34. The zero-order valence-electron chi connectivity index (χ0n) is 21.5. The average molecular weight is 625 g/mol. The van der Waals surface area contributed by atoms with Crippen LogP contribution in [0, 0.1) is 0 Å². The normalized spacial score (nSPS) is 11.9. The fourth-order valence-electron chi connectivity index (χ4n) is 3.60. The van der Waals surface area contributed by atoms with Crippen molar-refractivity contribution in [1.29, 1.82) is 0 Å². The van der Waals surface area contributed by atoms with Gasteiger partial charge in [-0.2, -0.15) is 0 Å². The minimum Gasteiger partial charge on any atom is -0.506 e. The number of benzene rings is 3. The molecule has 0 spiro atoms. The third-order valence-electron chi connectivity index (χ3n) is 5.63. The summed E-state index contributed by atoms with van der Waals surface area (Å²) in [6.45, 7) is 3.48. The largest absolute Gasteiger partial charge is 0.506 e. The number of nitrogens with one attached hydrogen (secondary N) is 3. The molecule has 40 heavy (non-hydrogen) atoms. The van der Waals surface area contributed by atoms with Crippen LogP contribution in [0.5, 0.6) is 5.75 Å². The summed E-state index contributed by atoms with van der Waals surface area (Å²) in [5, 5.41) is 17.1. The van der Waals surface area contributed by atoms with Gasteiger partial charge in [-0.3, -0.25) is 14.4 Å². The quantitative estimate of drug-likeness (QED) is 0.128. The molecular weight excluding hydrogens is 597 g/mol. The van der Waals surface area contributed by atoms with E-state index in [1.807, 2.05) is 0 Å². The molecule has 0 aliphatic rings. The summed E-state index contributed by atoms with van der Waals surface area (Å²) in [5.74, 6) is -1.24. The summed E-state index contributed by atoms with van der Waals surface area (Å²) in [6.07, 6.45) is -0.0137. The van der Waals surface area contributed by atoms with Crippen LogP contribution in [0.4, 0.5) is 11.4 Å². The first-order valence-corrected chi connectivity index (χ1v) is 15.3. The molecule has 0 aliphatic carbocycles. The van der Waals surface area contributed by atoms with E-state index in [2.05, 4.69) is 16.0 Å². The van der Waals surface area contributed by atoms with Crippen LogP contribution in [0.1, 0.15) is 30.6 Å². The fraction of sp³-hybridized carbons (Fsp3) is 0.222. The van der Waals surface area contributed by atoms with Gasteiger partial charge in [-0.25, -0.2) is 8.42 Å². The molecule has 3 rings (SSSR count). The van der Waals surface area contributed by atoms with Crippen LogP contribution >= 0.6 is 35.0 Å². The van der Waals surface area contributed by atoms with Crippen LogP contribution < -0.4 is 16.0 Å². The smallest absolute Gasteiger partial charge is 0.255 e. The second kappa shape index (κ2) is 13.9. The molecule has 0 heterocycles. The standard InChI is InChI=1S/C27H27Cl2N3O6S2/c1-3-25(40(37,38)20-10-8-19(9-11-20)39-13-12-30-16(2)33)27(36)31-22-15-24(34)23(14-21(22)29)32-26(35)17-4-6-18(28)7-5-17/h4-11,14-15,25,34H,3,12-13H2,1-2H3,(H,30,33)(H,31,36)(H,32,35). The topological polar surface area (TPSA) is 142 Å². The van der Waals surface area contributed by atoms with Gasteiger partial charge in [-0.1, -0.05) is 30.1 Å². The van der Waals surface area contributed by atoms with Crippen molar-refractivity contribution < 1.29 is 27.9 Å². The first kappa shape index (κ1) is 31.3. The Morgan fingerprint density at radius 2 is 1.60 bits per heavy atom. The Balaban J connectivity index is 1.70. The van der Waals surface area contributed by atoms with Crippen LogP contribution in [0.2, 0.25) is 10.0 Å². The molecule has 4 N–H and O–H groups in total. The first-order chi connectivity index (χ1) is 18.9. The van der Waals surface area contributed by atoms with Gasteiger partial charge in [0.15, 0.2) is 9.84 Å². The highest BCUT2D eigenvalue weighted by Gasteiger charge is 2.33. The van der Waals surface area contributed by atoms with Crippen molar-refractivity contribution in [2.45, 2.75) is 35.3 Å². The van der Waals surface area contributed by atoms with Crippen molar-refractivity contribution in [3.05, 3.63) is 76.3 Å². The number of phenols is 1. The number of carbonyl (C=O) groups excluding carboxylic acids is 3. The van der Waals surface area contributed by atoms with Gasteiger partial charge in [0.05, 0.1) is 21.3 Å². The molecule has 9 nitrogen and oxygen atoms in total. The summed E-state index contributed by atoms with van der Waals surface area (Å²) < 4.78 is 26.5. The van der Waals surface area contributed by atoms with E-state index in [1.165, 1.54) is 49.0 Å². The number of phenolic OH excluding ortho intramolecular Hbond substituents is 1. The lowest BCUT2D eigenvalue weighted by molar-refractivity contribution is -0.119. The second-order valence-corrected chi connectivity index (χ2v) is 12.7. The van der Waals surface area contributed by atoms with Gasteiger partial charge >= 0.3 is 0 Å².